The predicted molar refractivity (Wildman–Crippen MR) is 209 cm³/mol. The van der Waals surface area contributed by atoms with E-state index in [-0.39, 0.29) is 5.92 Å². The van der Waals surface area contributed by atoms with Gasteiger partial charge < -0.3 is 8.83 Å². The smallest absolute Gasteiger partial charge is 0.185 e. The van der Waals surface area contributed by atoms with Crippen molar-refractivity contribution in [1.29, 1.82) is 0 Å². The van der Waals surface area contributed by atoms with Gasteiger partial charge in [-0.05, 0) is 70.4 Å². The molecule has 0 N–H and O–H groups in total. The lowest BCUT2D eigenvalue weighted by Gasteiger charge is -2.16. The third-order valence-electron chi connectivity index (χ3n) is 10.3. The lowest BCUT2D eigenvalue weighted by molar-refractivity contribution is 0.668. The molecule has 1 aliphatic rings. The van der Waals surface area contributed by atoms with Crippen molar-refractivity contribution in [2.45, 2.75) is 12.3 Å². The highest BCUT2D eigenvalue weighted by atomic mass is 16.3. The SMILES string of the molecule is c1c(-c2ccc3oc4ccccc4c3c2-c2nc(-c3ccc4c(ccc5ccccc54)c3)nc(C3C=CC=CC3)n2)cc2c(c#1)oc1ccccc12. The minimum absolute atomic E-state index is 0.00666. The fourth-order valence-corrected chi connectivity index (χ4v) is 7.75. The summed E-state index contributed by atoms with van der Waals surface area (Å²) in [7, 11) is 0. The van der Waals surface area contributed by atoms with E-state index in [1.54, 1.807) is 0 Å². The van der Waals surface area contributed by atoms with E-state index in [4.69, 9.17) is 23.8 Å². The molecule has 1 aliphatic carbocycles. The van der Waals surface area contributed by atoms with E-state index in [0.717, 1.165) is 78.2 Å². The molecular weight excluding hydrogens is 639 g/mol. The Morgan fingerprint density at radius 1 is 0.558 bits per heavy atom. The van der Waals surface area contributed by atoms with Crippen LogP contribution in [0.3, 0.4) is 0 Å². The van der Waals surface area contributed by atoms with Gasteiger partial charge in [0.1, 0.15) is 22.6 Å². The summed E-state index contributed by atoms with van der Waals surface area (Å²) in [6, 6.07) is 48.6. The van der Waals surface area contributed by atoms with Crippen LogP contribution in [0.1, 0.15) is 18.2 Å². The Morgan fingerprint density at radius 3 is 2.21 bits per heavy atom. The molecule has 0 aliphatic heterocycles. The molecule has 3 aromatic heterocycles. The van der Waals surface area contributed by atoms with Gasteiger partial charge >= 0.3 is 0 Å². The lowest BCUT2D eigenvalue weighted by Crippen LogP contribution is -2.08. The van der Waals surface area contributed by atoms with Crippen LogP contribution in [0.15, 0.2) is 154 Å². The van der Waals surface area contributed by atoms with Gasteiger partial charge in [-0.25, -0.2) is 15.0 Å². The Bertz CT molecular complexity index is 3130. The van der Waals surface area contributed by atoms with Gasteiger partial charge in [0.15, 0.2) is 17.2 Å². The maximum absolute atomic E-state index is 6.44. The van der Waals surface area contributed by atoms with Crippen LogP contribution < -0.4 is 0 Å². The van der Waals surface area contributed by atoms with Crippen molar-refractivity contribution < 1.29 is 8.83 Å². The number of hydrogen-bond acceptors (Lipinski definition) is 5. The number of hydrogen-bond donors (Lipinski definition) is 0. The maximum Gasteiger partial charge on any atom is 0.185 e. The van der Waals surface area contributed by atoms with Gasteiger partial charge in [-0.3, -0.25) is 0 Å². The van der Waals surface area contributed by atoms with Crippen molar-refractivity contribution >= 4 is 65.4 Å². The standard InChI is InChI=1S/C47H27N3O2/c1-2-11-29(12-3-1)45-48-46(32-20-22-34-30(26-32)19-18-28-10-4-5-13-33(28)34)50-47(49-45)44-35(23-25-42-43(44)37-15-7-9-17-40(37)52-42)31-21-24-41-38(27-31)36-14-6-8-16-39(36)51-41/h1-11,13-20,22-23,25-27,29H,12H2. The van der Waals surface area contributed by atoms with Crippen molar-refractivity contribution in [2.24, 2.45) is 0 Å². The molecule has 1 unspecified atom stereocenters. The summed E-state index contributed by atoms with van der Waals surface area (Å²) >= 11 is 0. The lowest BCUT2D eigenvalue weighted by atomic mass is 9.94. The molecule has 5 nitrogen and oxygen atoms in total. The number of allylic oxidation sites excluding steroid dienone is 4. The van der Waals surface area contributed by atoms with Crippen molar-refractivity contribution in [3.05, 3.63) is 164 Å². The Balaban J connectivity index is 1.19. The number of fused-ring (bicyclic) bond motifs is 9. The fraction of sp³-hybridized carbons (Fsp3) is 0.0426. The van der Waals surface area contributed by atoms with Gasteiger partial charge in [0.2, 0.25) is 0 Å². The molecule has 0 radical (unpaired) electrons. The topological polar surface area (TPSA) is 65.0 Å². The molecule has 0 spiro atoms. The molecule has 7 aromatic carbocycles. The first kappa shape index (κ1) is 28.8. The summed E-state index contributed by atoms with van der Waals surface area (Å²) in [5.41, 5.74) is 6.65. The average molecular weight is 666 g/mol. The quantitative estimate of drug-likeness (QED) is 0.175. The number of para-hydroxylation sites is 2. The van der Waals surface area contributed by atoms with Gasteiger partial charge in [-0.2, -0.15) is 0 Å². The van der Waals surface area contributed by atoms with Crippen LogP contribution in [-0.2, 0) is 0 Å². The van der Waals surface area contributed by atoms with E-state index < -0.39 is 0 Å². The Labute approximate surface area is 298 Å². The van der Waals surface area contributed by atoms with E-state index in [9.17, 15) is 0 Å². The number of furan rings is 2. The number of benzene rings is 6. The van der Waals surface area contributed by atoms with Gasteiger partial charge in [-0.15, -0.1) is 0 Å². The second-order valence-electron chi connectivity index (χ2n) is 13.3. The summed E-state index contributed by atoms with van der Waals surface area (Å²) in [4.78, 5) is 15.8. The molecule has 0 fully saturated rings. The Morgan fingerprint density at radius 2 is 1.33 bits per heavy atom. The molecule has 11 rings (SSSR count). The highest BCUT2D eigenvalue weighted by Crippen LogP contribution is 2.43. The minimum atomic E-state index is 0.00666. The molecule has 5 heteroatoms. The normalized spacial score (nSPS) is 14.3. The van der Waals surface area contributed by atoms with Gasteiger partial charge in [0.25, 0.3) is 0 Å². The number of rotatable bonds is 4. The van der Waals surface area contributed by atoms with E-state index in [2.05, 4.69) is 115 Å². The zero-order chi connectivity index (χ0) is 34.2. The van der Waals surface area contributed by atoms with E-state index in [0.29, 0.717) is 17.2 Å². The third-order valence-corrected chi connectivity index (χ3v) is 10.3. The van der Waals surface area contributed by atoms with Crippen LogP contribution in [-0.4, -0.2) is 15.0 Å². The number of nitrogens with zero attached hydrogens (tertiary/aromatic N) is 3. The minimum Gasteiger partial charge on any atom is -0.456 e. The predicted octanol–water partition coefficient (Wildman–Crippen LogP) is 12.2. The molecule has 52 heavy (non-hydrogen) atoms. The molecule has 0 amide bonds. The summed E-state index contributed by atoms with van der Waals surface area (Å²) in [6.45, 7) is 0. The first-order valence-corrected chi connectivity index (χ1v) is 17.5. The van der Waals surface area contributed by atoms with Crippen molar-refractivity contribution in [2.75, 3.05) is 0 Å². The van der Waals surface area contributed by atoms with Crippen LogP contribution in [0, 0.1) is 12.1 Å². The first-order chi connectivity index (χ1) is 25.7. The van der Waals surface area contributed by atoms with Crippen molar-refractivity contribution in [3.63, 3.8) is 0 Å². The molecule has 0 saturated carbocycles. The zero-order valence-electron chi connectivity index (χ0n) is 27.8. The van der Waals surface area contributed by atoms with E-state index in [1.807, 2.05) is 42.5 Å². The summed E-state index contributed by atoms with van der Waals surface area (Å²) in [6.07, 6.45) is 9.29. The molecule has 0 bridgehead atoms. The summed E-state index contributed by atoms with van der Waals surface area (Å²) in [5, 5.41) is 8.73. The molecule has 1 atom stereocenters. The summed E-state index contributed by atoms with van der Waals surface area (Å²) in [5.74, 6) is 1.94. The monoisotopic (exact) mass is 665 g/mol. The Kier molecular flexibility index (Phi) is 6.22. The second-order valence-corrected chi connectivity index (χ2v) is 13.3. The molecule has 3 heterocycles. The van der Waals surface area contributed by atoms with Gasteiger partial charge in [0, 0.05) is 49.7 Å². The van der Waals surface area contributed by atoms with Gasteiger partial charge in [0.05, 0.1) is 0 Å². The van der Waals surface area contributed by atoms with Crippen LogP contribution >= 0.6 is 0 Å². The van der Waals surface area contributed by atoms with E-state index >= 15 is 0 Å². The highest BCUT2D eigenvalue weighted by molar-refractivity contribution is 6.16. The van der Waals surface area contributed by atoms with Crippen LogP contribution in [0.2, 0.25) is 0 Å². The van der Waals surface area contributed by atoms with Crippen LogP contribution in [0.5, 0.6) is 0 Å². The molecule has 10 aromatic rings. The largest absolute Gasteiger partial charge is 0.456 e. The average Bonchev–Trinajstić information content (AvgIpc) is 3.78. The van der Waals surface area contributed by atoms with Crippen LogP contribution in [0.4, 0.5) is 0 Å². The summed E-state index contributed by atoms with van der Waals surface area (Å²) < 4.78 is 12.6. The van der Waals surface area contributed by atoms with Crippen molar-refractivity contribution in [1.82, 2.24) is 15.0 Å². The fourth-order valence-electron chi connectivity index (χ4n) is 7.75. The third kappa shape index (κ3) is 4.48. The second kappa shape index (κ2) is 11.2. The van der Waals surface area contributed by atoms with Crippen LogP contribution in [0.25, 0.3) is 99.3 Å². The van der Waals surface area contributed by atoms with Crippen molar-refractivity contribution in [3.8, 4) is 33.9 Å². The molecule has 242 valence electrons. The molecule has 0 saturated heterocycles. The van der Waals surface area contributed by atoms with Gasteiger partial charge in [-0.1, -0.05) is 115 Å². The van der Waals surface area contributed by atoms with E-state index in [1.165, 1.54) is 16.2 Å². The molecular formula is C47H27N3O2. The number of aromatic nitrogens is 3. The highest BCUT2D eigenvalue weighted by Gasteiger charge is 2.24. The maximum atomic E-state index is 6.44. The first-order valence-electron chi connectivity index (χ1n) is 17.5. The Hall–Kier alpha value is -7.03. The zero-order valence-corrected chi connectivity index (χ0v) is 27.8.